The van der Waals surface area contributed by atoms with E-state index < -0.39 is 28.9 Å². The summed E-state index contributed by atoms with van der Waals surface area (Å²) in [6.07, 6.45) is 6.96. The number of carbonyl (C=O) groups is 2. The van der Waals surface area contributed by atoms with Crippen LogP contribution in [0.5, 0.6) is 17.2 Å². The number of benzene rings is 3. The zero-order chi connectivity index (χ0) is 43.3. The van der Waals surface area contributed by atoms with Crippen molar-refractivity contribution in [2.45, 2.75) is 78.0 Å². The van der Waals surface area contributed by atoms with Gasteiger partial charge in [0, 0.05) is 73.6 Å². The lowest BCUT2D eigenvalue weighted by molar-refractivity contribution is 0.0227. The molecule has 2 atom stereocenters. The van der Waals surface area contributed by atoms with Crippen LogP contribution in [0.25, 0.3) is 12.2 Å². The molecule has 2 amide bonds. The van der Waals surface area contributed by atoms with Gasteiger partial charge in [0.2, 0.25) is 5.75 Å². The van der Waals surface area contributed by atoms with Gasteiger partial charge in [0.15, 0.2) is 11.5 Å². The maximum atomic E-state index is 14.1. The number of carbonyl (C=O) groups excluding carboxylic acids is 2. The molecule has 3 aromatic rings. The minimum Gasteiger partial charge on any atom is -0.493 e. The van der Waals surface area contributed by atoms with Crippen molar-refractivity contribution in [1.29, 1.82) is 0 Å². The largest absolute Gasteiger partial charge is 0.493 e. The number of rotatable bonds is 14. The van der Waals surface area contributed by atoms with Gasteiger partial charge in [0.1, 0.15) is 28.9 Å². The van der Waals surface area contributed by atoms with Gasteiger partial charge in [0.25, 0.3) is 5.91 Å². The van der Waals surface area contributed by atoms with Gasteiger partial charge in [-0.3, -0.25) is 4.79 Å². The molecule has 2 aliphatic rings. The predicted octanol–water partition coefficient (Wildman–Crippen LogP) is 8.65. The number of ether oxygens (including phenoxy) is 4. The first-order chi connectivity index (χ1) is 28.0. The summed E-state index contributed by atoms with van der Waals surface area (Å²) in [6.45, 7) is 12.9. The number of likely N-dealkylation sites (tertiary alicyclic amines) is 1. The molecule has 5 rings (SSSR count). The van der Waals surface area contributed by atoms with Gasteiger partial charge in [-0.15, -0.1) is 0 Å². The highest BCUT2D eigenvalue weighted by Crippen LogP contribution is 2.38. The van der Waals surface area contributed by atoms with Crippen LogP contribution in [-0.2, 0) is 4.74 Å². The molecule has 2 heterocycles. The van der Waals surface area contributed by atoms with E-state index in [-0.39, 0.29) is 36.2 Å². The molecular weight excluding hydrogens is 769 g/mol. The van der Waals surface area contributed by atoms with E-state index in [4.69, 9.17) is 18.9 Å². The third-order valence-corrected chi connectivity index (χ3v) is 9.76. The van der Waals surface area contributed by atoms with Gasteiger partial charge in [-0.25, -0.2) is 22.4 Å². The van der Waals surface area contributed by atoms with Crippen LogP contribution in [0.1, 0.15) is 81.8 Å². The topological polar surface area (TPSA) is 102 Å². The summed E-state index contributed by atoms with van der Waals surface area (Å²) in [5, 5.41) is 6.72. The van der Waals surface area contributed by atoms with E-state index in [1.807, 2.05) is 34.6 Å². The molecule has 0 aromatic heterocycles. The average molecular weight is 827 g/mol. The molecule has 10 nitrogen and oxygen atoms in total. The molecule has 2 fully saturated rings. The van der Waals surface area contributed by atoms with Gasteiger partial charge < -0.3 is 39.4 Å². The zero-order valence-electron chi connectivity index (χ0n) is 35.4. The Morgan fingerprint density at radius 2 is 1.44 bits per heavy atom. The second-order valence-corrected chi connectivity index (χ2v) is 15.8. The summed E-state index contributed by atoms with van der Waals surface area (Å²) in [5.41, 5.74) is 2.21. The van der Waals surface area contributed by atoms with Crippen LogP contribution in [0.15, 0.2) is 59.7 Å². The predicted molar refractivity (Wildman–Crippen MR) is 222 cm³/mol. The van der Waals surface area contributed by atoms with Gasteiger partial charge in [-0.05, 0) is 103 Å². The van der Waals surface area contributed by atoms with Crippen LogP contribution in [-0.4, -0.2) is 100 Å². The Morgan fingerprint density at radius 1 is 0.847 bits per heavy atom. The molecule has 59 heavy (non-hydrogen) atoms. The van der Waals surface area contributed by atoms with Crippen LogP contribution >= 0.6 is 0 Å². The summed E-state index contributed by atoms with van der Waals surface area (Å²) in [5.74, 6) is -1.46. The minimum atomic E-state index is -0.644. The zero-order valence-corrected chi connectivity index (χ0v) is 35.4. The molecule has 322 valence electrons. The van der Waals surface area contributed by atoms with E-state index in [0.717, 1.165) is 55.5 Å². The van der Waals surface area contributed by atoms with E-state index in [1.165, 1.54) is 45.6 Å². The Kier molecular flexibility index (Phi) is 17.2. The first-order valence-electron chi connectivity index (χ1n) is 19.8. The molecule has 2 unspecified atom stereocenters. The molecule has 2 aliphatic heterocycles. The van der Waals surface area contributed by atoms with Crippen LogP contribution < -0.4 is 24.8 Å². The van der Waals surface area contributed by atoms with Crippen LogP contribution in [0.4, 0.5) is 22.4 Å². The van der Waals surface area contributed by atoms with Crippen molar-refractivity contribution in [3.05, 3.63) is 99.6 Å². The summed E-state index contributed by atoms with van der Waals surface area (Å²) in [7, 11) is 4.49. The lowest BCUT2D eigenvalue weighted by atomic mass is 10.1. The van der Waals surface area contributed by atoms with E-state index in [1.54, 1.807) is 34.1 Å². The number of nitrogens with zero attached hydrogens (tertiary/aromatic N) is 2. The van der Waals surface area contributed by atoms with E-state index in [2.05, 4.69) is 10.6 Å². The summed E-state index contributed by atoms with van der Waals surface area (Å²) in [4.78, 5) is 29.3. The standard InChI is InChI=1S/C25H30F2N2O4.C20H28F2N2O2/c1-16(10-17-7-8-19(26)13-21(17)27)14-29(15-20-6-5-9-28-20)25(30)18-11-22(31-2)24(33-4)23(12-18)32-3;1-14(10-15-7-8-16(21)11-18(15)22)12-23-13-17-6-5-9-24(17)19(25)26-20(2,3)4/h7-8,10-13,20,28H,5-6,9,14-15H2,1-4H3;7-8,10-11,17,23H,5-6,9,12-13H2,1-4H3/b16-10+;14-10+. The normalized spacial score (nSPS) is 17.0. The molecule has 0 spiro atoms. The maximum absolute atomic E-state index is 14.1. The fraction of sp³-hybridized carbons (Fsp3) is 0.467. The van der Waals surface area contributed by atoms with E-state index in [0.29, 0.717) is 54.6 Å². The smallest absolute Gasteiger partial charge is 0.410 e. The fourth-order valence-corrected chi connectivity index (χ4v) is 7.00. The molecule has 0 aliphatic carbocycles. The van der Waals surface area contributed by atoms with Crippen LogP contribution in [0, 0.1) is 23.3 Å². The monoisotopic (exact) mass is 826 g/mol. The van der Waals surface area contributed by atoms with Crippen molar-refractivity contribution in [2.24, 2.45) is 0 Å². The number of hydrogen-bond acceptors (Lipinski definition) is 8. The Hall–Kier alpha value is -5.08. The lowest BCUT2D eigenvalue weighted by Gasteiger charge is -2.28. The van der Waals surface area contributed by atoms with Crippen LogP contribution in [0.2, 0.25) is 0 Å². The second-order valence-electron chi connectivity index (χ2n) is 15.8. The molecule has 2 N–H and O–H groups in total. The number of amides is 2. The van der Waals surface area contributed by atoms with Crippen molar-refractivity contribution in [2.75, 3.05) is 60.6 Å². The van der Waals surface area contributed by atoms with E-state index in [9.17, 15) is 27.2 Å². The minimum absolute atomic E-state index is 0.0974. The quantitative estimate of drug-likeness (QED) is 0.156. The van der Waals surface area contributed by atoms with E-state index >= 15 is 0 Å². The van der Waals surface area contributed by atoms with Gasteiger partial charge in [-0.1, -0.05) is 23.3 Å². The number of nitrogens with one attached hydrogen (secondary N) is 2. The third kappa shape index (κ3) is 14.0. The molecular formula is C45H58F4N4O6. The van der Waals surface area contributed by atoms with Crippen molar-refractivity contribution in [3.63, 3.8) is 0 Å². The molecule has 3 aromatic carbocycles. The van der Waals surface area contributed by atoms with Crippen molar-refractivity contribution in [1.82, 2.24) is 20.4 Å². The Bertz CT molecular complexity index is 1940. The summed E-state index contributed by atoms with van der Waals surface area (Å²) >= 11 is 0. The first kappa shape index (κ1) is 46.6. The van der Waals surface area contributed by atoms with Gasteiger partial charge in [-0.2, -0.15) is 0 Å². The van der Waals surface area contributed by atoms with Gasteiger partial charge >= 0.3 is 6.09 Å². The SMILES string of the molecule is C/C(=C\c1ccc(F)cc1F)CNCC1CCCN1C(=O)OC(C)(C)C.COc1cc(C(=O)N(C/C(C)=C/c2ccc(F)cc2F)CC2CCCN2)cc(OC)c1OC. The Morgan fingerprint density at radius 3 is 1.95 bits per heavy atom. The van der Waals surface area contributed by atoms with Gasteiger partial charge in [0.05, 0.1) is 21.3 Å². The highest BCUT2D eigenvalue weighted by atomic mass is 19.1. The van der Waals surface area contributed by atoms with Crippen molar-refractivity contribution < 1.29 is 46.1 Å². The number of methoxy groups -OCH3 is 3. The number of hydrogen-bond donors (Lipinski definition) is 2. The van der Waals surface area contributed by atoms with Crippen LogP contribution in [0.3, 0.4) is 0 Å². The molecule has 0 radical (unpaired) electrons. The van der Waals surface area contributed by atoms with Crippen molar-refractivity contribution in [3.8, 4) is 17.2 Å². The first-order valence-corrected chi connectivity index (χ1v) is 19.8. The molecule has 0 saturated carbocycles. The molecule has 14 heteroatoms. The number of halogens is 4. The summed E-state index contributed by atoms with van der Waals surface area (Å²) in [6, 6.07) is 10.5. The lowest BCUT2D eigenvalue weighted by Crippen LogP contribution is -2.44. The maximum Gasteiger partial charge on any atom is 0.410 e. The van der Waals surface area contributed by atoms with Crippen molar-refractivity contribution >= 4 is 24.2 Å². The second kappa shape index (κ2) is 21.8. The third-order valence-electron chi connectivity index (χ3n) is 9.76. The molecule has 0 bridgehead atoms. The Balaban J connectivity index is 0.000000268. The molecule has 2 saturated heterocycles. The fourth-order valence-electron chi connectivity index (χ4n) is 7.00. The highest BCUT2D eigenvalue weighted by Gasteiger charge is 2.32. The highest BCUT2D eigenvalue weighted by molar-refractivity contribution is 5.96. The average Bonchev–Trinajstić information content (AvgIpc) is 3.88. The summed E-state index contributed by atoms with van der Waals surface area (Å²) < 4.78 is 75.6. The Labute approximate surface area is 345 Å².